The number of halogens is 3. The SMILES string of the molecule is CCCCc1c(-c2cccc(OC(F)(F)F)c2)c(C(N)=O)c(C)n1C(C)C. The topological polar surface area (TPSA) is 57.2 Å². The molecular formula is C20H25F3N2O2. The number of amides is 1. The first-order valence-corrected chi connectivity index (χ1v) is 8.96. The number of benzene rings is 1. The average molecular weight is 382 g/mol. The molecule has 0 aliphatic carbocycles. The van der Waals surface area contributed by atoms with Crippen LogP contribution in [0.15, 0.2) is 24.3 Å². The molecule has 1 amide bonds. The molecule has 0 unspecified atom stereocenters. The quantitative estimate of drug-likeness (QED) is 0.698. The standard InChI is InChI=1S/C20H25F3N2O2/c1-5-6-10-16-18(17(19(24)26)13(4)25(16)12(2)3)14-8-7-9-15(11-14)27-20(21,22)23/h7-9,11-12H,5-6,10H2,1-4H3,(H2,24,26). The summed E-state index contributed by atoms with van der Waals surface area (Å²) in [5.74, 6) is -0.923. The summed E-state index contributed by atoms with van der Waals surface area (Å²) >= 11 is 0. The van der Waals surface area contributed by atoms with Gasteiger partial charge in [0.2, 0.25) is 0 Å². The first-order valence-electron chi connectivity index (χ1n) is 8.96. The van der Waals surface area contributed by atoms with Crippen LogP contribution in [0, 0.1) is 6.92 Å². The van der Waals surface area contributed by atoms with Gasteiger partial charge in [-0.25, -0.2) is 0 Å². The molecule has 148 valence electrons. The lowest BCUT2D eigenvalue weighted by molar-refractivity contribution is -0.274. The van der Waals surface area contributed by atoms with Crippen molar-refractivity contribution in [3.05, 3.63) is 41.2 Å². The molecule has 2 rings (SSSR count). The van der Waals surface area contributed by atoms with Crippen LogP contribution in [-0.4, -0.2) is 16.8 Å². The molecule has 0 bridgehead atoms. The Morgan fingerprint density at radius 3 is 2.48 bits per heavy atom. The molecule has 0 fully saturated rings. The van der Waals surface area contributed by atoms with Crippen molar-refractivity contribution in [2.45, 2.75) is 59.4 Å². The van der Waals surface area contributed by atoms with Gasteiger partial charge in [0.15, 0.2) is 0 Å². The molecule has 1 heterocycles. The Morgan fingerprint density at radius 1 is 1.30 bits per heavy atom. The third kappa shape index (κ3) is 4.64. The third-order valence-electron chi connectivity index (χ3n) is 4.44. The Labute approximate surface area is 157 Å². The van der Waals surface area contributed by atoms with Gasteiger partial charge in [0.05, 0.1) is 5.56 Å². The van der Waals surface area contributed by atoms with E-state index in [0.717, 1.165) is 24.2 Å². The molecule has 0 saturated heterocycles. The van der Waals surface area contributed by atoms with Gasteiger partial charge in [0, 0.05) is 23.0 Å². The molecule has 0 aliphatic rings. The fourth-order valence-electron chi connectivity index (χ4n) is 3.52. The number of nitrogens with zero attached hydrogens (tertiary/aromatic N) is 1. The highest BCUT2D eigenvalue weighted by atomic mass is 19.4. The summed E-state index contributed by atoms with van der Waals surface area (Å²) in [4.78, 5) is 12.2. The minimum Gasteiger partial charge on any atom is -0.406 e. The molecule has 7 heteroatoms. The number of carbonyl (C=O) groups is 1. The maximum atomic E-state index is 12.6. The van der Waals surface area contributed by atoms with Gasteiger partial charge >= 0.3 is 6.36 Å². The molecule has 0 aliphatic heterocycles. The van der Waals surface area contributed by atoms with Crippen molar-refractivity contribution >= 4 is 5.91 Å². The lowest BCUT2D eigenvalue weighted by Crippen LogP contribution is -2.17. The molecule has 4 nitrogen and oxygen atoms in total. The molecule has 0 saturated carbocycles. The average Bonchev–Trinajstić information content (AvgIpc) is 2.84. The molecular weight excluding hydrogens is 357 g/mol. The fourth-order valence-corrected chi connectivity index (χ4v) is 3.52. The number of nitrogens with two attached hydrogens (primary N) is 1. The van der Waals surface area contributed by atoms with E-state index in [0.29, 0.717) is 23.1 Å². The van der Waals surface area contributed by atoms with Crippen LogP contribution in [0.2, 0.25) is 0 Å². The molecule has 0 radical (unpaired) electrons. The van der Waals surface area contributed by atoms with Crippen LogP contribution in [0.4, 0.5) is 13.2 Å². The van der Waals surface area contributed by atoms with Gasteiger partial charge in [-0.15, -0.1) is 13.2 Å². The van der Waals surface area contributed by atoms with Gasteiger partial charge in [0.1, 0.15) is 5.75 Å². The molecule has 2 aromatic rings. The van der Waals surface area contributed by atoms with Crippen molar-refractivity contribution in [1.29, 1.82) is 0 Å². The number of primary amides is 1. The minimum atomic E-state index is -4.78. The Hall–Kier alpha value is -2.44. The highest BCUT2D eigenvalue weighted by molar-refractivity contribution is 6.02. The van der Waals surface area contributed by atoms with Crippen LogP contribution in [0.25, 0.3) is 11.1 Å². The largest absolute Gasteiger partial charge is 0.573 e. The lowest BCUT2D eigenvalue weighted by Gasteiger charge is -2.17. The summed E-state index contributed by atoms with van der Waals surface area (Å²) in [7, 11) is 0. The highest BCUT2D eigenvalue weighted by Crippen LogP contribution is 2.37. The van der Waals surface area contributed by atoms with Crippen LogP contribution < -0.4 is 10.5 Å². The Bertz CT molecular complexity index is 823. The van der Waals surface area contributed by atoms with Crippen molar-refractivity contribution < 1.29 is 22.7 Å². The fraction of sp³-hybridized carbons (Fsp3) is 0.450. The number of hydrogen-bond donors (Lipinski definition) is 1. The second kappa shape index (κ2) is 8.06. The Kier molecular flexibility index (Phi) is 6.23. The number of alkyl halides is 3. The van der Waals surface area contributed by atoms with E-state index in [4.69, 9.17) is 5.73 Å². The zero-order chi connectivity index (χ0) is 20.4. The molecule has 1 aromatic carbocycles. The van der Waals surface area contributed by atoms with Crippen LogP contribution in [0.1, 0.15) is 61.4 Å². The zero-order valence-corrected chi connectivity index (χ0v) is 16.0. The Balaban J connectivity index is 2.72. The normalized spacial score (nSPS) is 11.9. The van der Waals surface area contributed by atoms with E-state index in [-0.39, 0.29) is 11.8 Å². The first-order chi connectivity index (χ1) is 12.6. The number of hydrogen-bond acceptors (Lipinski definition) is 2. The summed E-state index contributed by atoms with van der Waals surface area (Å²) in [6.07, 6.45) is -2.25. The number of ether oxygens (including phenoxy) is 1. The van der Waals surface area contributed by atoms with Gasteiger partial charge < -0.3 is 15.0 Å². The van der Waals surface area contributed by atoms with Crippen LogP contribution in [0.3, 0.4) is 0 Å². The van der Waals surface area contributed by atoms with E-state index in [1.807, 2.05) is 25.3 Å². The van der Waals surface area contributed by atoms with Gasteiger partial charge in [-0.1, -0.05) is 25.5 Å². The van der Waals surface area contributed by atoms with Gasteiger partial charge in [-0.3, -0.25) is 4.79 Å². The van der Waals surface area contributed by atoms with Crippen LogP contribution in [0.5, 0.6) is 5.75 Å². The van der Waals surface area contributed by atoms with Crippen molar-refractivity contribution in [1.82, 2.24) is 4.57 Å². The molecule has 0 atom stereocenters. The summed E-state index contributed by atoms with van der Waals surface area (Å²) in [6.45, 7) is 7.87. The van der Waals surface area contributed by atoms with E-state index < -0.39 is 12.3 Å². The van der Waals surface area contributed by atoms with Gasteiger partial charge in [-0.2, -0.15) is 0 Å². The zero-order valence-electron chi connectivity index (χ0n) is 16.0. The van der Waals surface area contributed by atoms with E-state index >= 15 is 0 Å². The lowest BCUT2D eigenvalue weighted by atomic mass is 9.97. The monoisotopic (exact) mass is 382 g/mol. The summed E-state index contributed by atoms with van der Waals surface area (Å²) in [5.41, 5.74) is 8.69. The second-order valence-electron chi connectivity index (χ2n) is 6.79. The van der Waals surface area contributed by atoms with Gasteiger partial charge in [-0.05, 0) is 51.3 Å². The first kappa shape index (κ1) is 20.9. The maximum absolute atomic E-state index is 12.6. The van der Waals surface area contributed by atoms with E-state index in [1.54, 1.807) is 6.07 Å². The molecule has 27 heavy (non-hydrogen) atoms. The van der Waals surface area contributed by atoms with Crippen LogP contribution >= 0.6 is 0 Å². The van der Waals surface area contributed by atoms with Crippen molar-refractivity contribution in [3.63, 3.8) is 0 Å². The highest BCUT2D eigenvalue weighted by Gasteiger charge is 2.32. The van der Waals surface area contributed by atoms with E-state index in [9.17, 15) is 18.0 Å². The minimum absolute atomic E-state index is 0.0818. The summed E-state index contributed by atoms with van der Waals surface area (Å²) in [5, 5.41) is 0. The predicted molar refractivity (Wildman–Crippen MR) is 98.8 cm³/mol. The number of carbonyl (C=O) groups excluding carboxylic acids is 1. The molecule has 0 spiro atoms. The summed E-state index contributed by atoms with van der Waals surface area (Å²) < 4.78 is 43.9. The van der Waals surface area contributed by atoms with E-state index in [2.05, 4.69) is 11.7 Å². The number of unbranched alkanes of at least 4 members (excludes halogenated alkanes) is 1. The second-order valence-corrected chi connectivity index (χ2v) is 6.79. The van der Waals surface area contributed by atoms with E-state index in [1.165, 1.54) is 18.2 Å². The maximum Gasteiger partial charge on any atom is 0.573 e. The number of rotatable bonds is 7. The number of aromatic nitrogens is 1. The van der Waals surface area contributed by atoms with Gasteiger partial charge in [0.25, 0.3) is 5.91 Å². The Morgan fingerprint density at radius 2 is 1.96 bits per heavy atom. The third-order valence-corrected chi connectivity index (χ3v) is 4.44. The van der Waals surface area contributed by atoms with Crippen molar-refractivity contribution in [2.75, 3.05) is 0 Å². The van der Waals surface area contributed by atoms with Crippen LogP contribution in [-0.2, 0) is 6.42 Å². The molecule has 2 N–H and O–H groups in total. The summed E-state index contributed by atoms with van der Waals surface area (Å²) in [6, 6.07) is 5.77. The smallest absolute Gasteiger partial charge is 0.406 e. The van der Waals surface area contributed by atoms with Crippen molar-refractivity contribution in [2.24, 2.45) is 5.73 Å². The predicted octanol–water partition coefficient (Wildman–Crippen LogP) is 5.38. The molecule has 1 aromatic heterocycles. The van der Waals surface area contributed by atoms with Crippen molar-refractivity contribution in [3.8, 4) is 16.9 Å².